The van der Waals surface area contributed by atoms with Crippen molar-refractivity contribution in [2.75, 3.05) is 5.32 Å². The van der Waals surface area contributed by atoms with Crippen LogP contribution in [0.15, 0.2) is 12.4 Å². The van der Waals surface area contributed by atoms with Crippen LogP contribution in [0.25, 0.3) is 0 Å². The van der Waals surface area contributed by atoms with E-state index in [2.05, 4.69) is 29.1 Å². The highest BCUT2D eigenvalue weighted by molar-refractivity contribution is 6.30. The number of nitrogens with one attached hydrogen (secondary N) is 1. The van der Waals surface area contributed by atoms with Gasteiger partial charge in [0.2, 0.25) is 5.95 Å². The van der Waals surface area contributed by atoms with Crippen LogP contribution in [0.2, 0.25) is 5.02 Å². The summed E-state index contributed by atoms with van der Waals surface area (Å²) >= 11 is 5.73. The molecule has 0 aromatic carbocycles. The Balaban J connectivity index is 2.06. The fourth-order valence-electron chi connectivity index (χ4n) is 2.14. The fourth-order valence-corrected chi connectivity index (χ4v) is 2.23. The lowest BCUT2D eigenvalue weighted by Gasteiger charge is -2.27. The van der Waals surface area contributed by atoms with Crippen molar-refractivity contribution in [3.8, 4) is 0 Å². The minimum Gasteiger partial charge on any atom is -0.351 e. The van der Waals surface area contributed by atoms with E-state index >= 15 is 0 Å². The molecule has 0 bridgehead atoms. The van der Waals surface area contributed by atoms with E-state index in [9.17, 15) is 0 Å². The van der Waals surface area contributed by atoms with Crippen molar-refractivity contribution < 1.29 is 0 Å². The molecule has 1 aromatic heterocycles. The molecule has 4 heteroatoms. The maximum Gasteiger partial charge on any atom is 0.222 e. The van der Waals surface area contributed by atoms with Crippen molar-refractivity contribution in [1.82, 2.24) is 9.97 Å². The van der Waals surface area contributed by atoms with E-state index in [1.807, 2.05) is 0 Å². The van der Waals surface area contributed by atoms with E-state index in [0.29, 0.717) is 22.4 Å². The van der Waals surface area contributed by atoms with Gasteiger partial charge in [-0.05, 0) is 18.3 Å². The van der Waals surface area contributed by atoms with Crippen LogP contribution in [0.4, 0.5) is 5.95 Å². The molecular formula is C11H16ClN3. The average Bonchev–Trinajstić information content (AvgIpc) is 2.50. The Morgan fingerprint density at radius 1 is 1.40 bits per heavy atom. The molecule has 3 nitrogen and oxygen atoms in total. The summed E-state index contributed by atoms with van der Waals surface area (Å²) in [7, 11) is 0. The minimum absolute atomic E-state index is 0.336. The van der Waals surface area contributed by atoms with Crippen molar-refractivity contribution in [2.24, 2.45) is 5.41 Å². The predicted octanol–water partition coefficient (Wildman–Crippen LogP) is 3.12. The van der Waals surface area contributed by atoms with Crippen LogP contribution >= 0.6 is 11.6 Å². The monoisotopic (exact) mass is 225 g/mol. The molecule has 1 aliphatic carbocycles. The highest BCUT2D eigenvalue weighted by Gasteiger charge is 2.34. The summed E-state index contributed by atoms with van der Waals surface area (Å²) in [6, 6.07) is 0.471. The van der Waals surface area contributed by atoms with E-state index in [4.69, 9.17) is 11.6 Å². The number of rotatable bonds is 2. The first-order chi connectivity index (χ1) is 7.08. The quantitative estimate of drug-likeness (QED) is 0.841. The second-order valence-electron chi connectivity index (χ2n) is 4.80. The normalized spacial score (nSPS) is 24.1. The number of aromatic nitrogens is 2. The molecule has 82 valence electrons. The first-order valence-corrected chi connectivity index (χ1v) is 5.70. The zero-order chi connectivity index (χ0) is 10.9. The van der Waals surface area contributed by atoms with E-state index < -0.39 is 0 Å². The summed E-state index contributed by atoms with van der Waals surface area (Å²) in [5.74, 6) is 0.680. The number of halogens is 1. The standard InChI is InChI=1S/C11H16ClN3/c1-11(2)5-3-4-9(11)15-10-13-6-8(12)7-14-10/h6-7,9H,3-5H2,1-2H3,(H,13,14,15). The minimum atomic E-state index is 0.336. The topological polar surface area (TPSA) is 37.8 Å². The zero-order valence-corrected chi connectivity index (χ0v) is 9.88. The molecule has 0 radical (unpaired) electrons. The van der Waals surface area contributed by atoms with Gasteiger partial charge in [0.05, 0.1) is 17.4 Å². The van der Waals surface area contributed by atoms with Crippen LogP contribution in [0, 0.1) is 5.41 Å². The molecule has 1 atom stereocenters. The Kier molecular flexibility index (Phi) is 2.83. The van der Waals surface area contributed by atoms with Crippen molar-refractivity contribution in [1.29, 1.82) is 0 Å². The summed E-state index contributed by atoms with van der Waals surface area (Å²) in [6.07, 6.45) is 6.98. The third-order valence-electron chi connectivity index (χ3n) is 3.18. The summed E-state index contributed by atoms with van der Waals surface area (Å²) < 4.78 is 0. The largest absolute Gasteiger partial charge is 0.351 e. The molecule has 1 aliphatic rings. The third-order valence-corrected chi connectivity index (χ3v) is 3.38. The van der Waals surface area contributed by atoms with E-state index in [1.165, 1.54) is 19.3 Å². The molecular weight excluding hydrogens is 210 g/mol. The summed E-state index contributed by atoms with van der Waals surface area (Å²) in [5, 5.41) is 3.95. The predicted molar refractivity (Wildman–Crippen MR) is 62.1 cm³/mol. The second kappa shape index (κ2) is 3.97. The van der Waals surface area contributed by atoms with Crippen molar-refractivity contribution in [3.63, 3.8) is 0 Å². The van der Waals surface area contributed by atoms with Crippen LogP contribution in [-0.2, 0) is 0 Å². The Bertz CT molecular complexity index is 334. The van der Waals surface area contributed by atoms with Crippen LogP contribution < -0.4 is 5.32 Å². The first-order valence-electron chi connectivity index (χ1n) is 5.32. The summed E-state index contributed by atoms with van der Waals surface area (Å²) in [6.45, 7) is 4.57. The molecule has 1 aromatic rings. The zero-order valence-electron chi connectivity index (χ0n) is 9.13. The Hall–Kier alpha value is -0.830. The highest BCUT2D eigenvalue weighted by atomic mass is 35.5. The number of anilines is 1. The number of nitrogens with zero attached hydrogens (tertiary/aromatic N) is 2. The smallest absolute Gasteiger partial charge is 0.222 e. The maximum atomic E-state index is 5.73. The van der Waals surface area contributed by atoms with E-state index in [0.717, 1.165) is 0 Å². The van der Waals surface area contributed by atoms with Crippen molar-refractivity contribution in [2.45, 2.75) is 39.2 Å². The molecule has 1 N–H and O–H groups in total. The fraction of sp³-hybridized carbons (Fsp3) is 0.636. The highest BCUT2D eigenvalue weighted by Crippen LogP contribution is 2.38. The van der Waals surface area contributed by atoms with Gasteiger partial charge in [0.25, 0.3) is 0 Å². The summed E-state index contributed by atoms with van der Waals surface area (Å²) in [5.41, 5.74) is 0.336. The van der Waals surface area contributed by atoms with Crippen LogP contribution in [0.5, 0.6) is 0 Å². The maximum absolute atomic E-state index is 5.73. The van der Waals surface area contributed by atoms with Gasteiger partial charge in [0.15, 0.2) is 0 Å². The average molecular weight is 226 g/mol. The molecule has 0 aliphatic heterocycles. The second-order valence-corrected chi connectivity index (χ2v) is 5.24. The molecule has 1 saturated carbocycles. The van der Waals surface area contributed by atoms with E-state index in [-0.39, 0.29) is 0 Å². The van der Waals surface area contributed by atoms with Crippen LogP contribution in [-0.4, -0.2) is 16.0 Å². The third kappa shape index (κ3) is 2.40. The van der Waals surface area contributed by atoms with Gasteiger partial charge in [0, 0.05) is 6.04 Å². The first kappa shape index (κ1) is 10.7. The number of hydrogen-bond acceptors (Lipinski definition) is 3. The van der Waals surface area contributed by atoms with Gasteiger partial charge in [-0.2, -0.15) is 0 Å². The van der Waals surface area contributed by atoms with Gasteiger partial charge in [-0.25, -0.2) is 9.97 Å². The molecule has 1 fully saturated rings. The SMILES string of the molecule is CC1(C)CCCC1Nc1ncc(Cl)cn1. The molecule has 1 heterocycles. The van der Waals surface area contributed by atoms with Crippen LogP contribution in [0.3, 0.4) is 0 Å². The van der Waals surface area contributed by atoms with E-state index in [1.54, 1.807) is 12.4 Å². The molecule has 0 amide bonds. The molecule has 0 saturated heterocycles. The Morgan fingerprint density at radius 3 is 2.60 bits per heavy atom. The van der Waals surface area contributed by atoms with Crippen molar-refractivity contribution in [3.05, 3.63) is 17.4 Å². The summed E-state index contributed by atoms with van der Waals surface area (Å²) in [4.78, 5) is 8.31. The van der Waals surface area contributed by atoms with Crippen LogP contribution in [0.1, 0.15) is 33.1 Å². The Labute approximate surface area is 95.3 Å². The van der Waals surface area contributed by atoms with Gasteiger partial charge < -0.3 is 5.32 Å². The Morgan fingerprint density at radius 2 is 2.07 bits per heavy atom. The van der Waals surface area contributed by atoms with Crippen molar-refractivity contribution >= 4 is 17.5 Å². The van der Waals surface area contributed by atoms with Gasteiger partial charge >= 0.3 is 0 Å². The lowest BCUT2D eigenvalue weighted by Crippen LogP contribution is -2.31. The van der Waals surface area contributed by atoms with Gasteiger partial charge in [0.1, 0.15) is 0 Å². The van der Waals surface area contributed by atoms with Gasteiger partial charge in [-0.15, -0.1) is 0 Å². The molecule has 15 heavy (non-hydrogen) atoms. The molecule has 0 spiro atoms. The molecule has 2 rings (SSSR count). The lowest BCUT2D eigenvalue weighted by atomic mass is 9.87. The van der Waals surface area contributed by atoms with Gasteiger partial charge in [-0.3, -0.25) is 0 Å². The number of hydrogen-bond donors (Lipinski definition) is 1. The van der Waals surface area contributed by atoms with Gasteiger partial charge in [-0.1, -0.05) is 31.9 Å². The molecule has 1 unspecified atom stereocenters. The lowest BCUT2D eigenvalue weighted by molar-refractivity contribution is 0.349.